The first-order valence-corrected chi connectivity index (χ1v) is 7.52. The molecule has 7 heteroatoms. The van der Waals surface area contributed by atoms with Crippen LogP contribution in [-0.2, 0) is 12.7 Å². The third-order valence-electron chi connectivity index (χ3n) is 2.76. The molecule has 0 atom stereocenters. The molecule has 1 heterocycles. The minimum atomic E-state index is -4.42. The molecule has 1 aromatic heterocycles. The second kappa shape index (κ2) is 6.34. The largest absolute Gasteiger partial charge is 0.443 e. The Morgan fingerprint density at radius 3 is 2.57 bits per heavy atom. The monoisotopic (exact) mass is 334 g/mol. The Hall–Kier alpha value is -1.11. The molecule has 2 aromatic rings. The Bertz CT molecular complexity index is 623. The highest BCUT2D eigenvalue weighted by atomic mass is 35.5. The van der Waals surface area contributed by atoms with Crippen LogP contribution in [-0.4, -0.2) is 11.0 Å². The van der Waals surface area contributed by atoms with Gasteiger partial charge in [-0.25, -0.2) is 4.98 Å². The van der Waals surface area contributed by atoms with Gasteiger partial charge in [-0.05, 0) is 11.6 Å². The molecule has 0 aliphatic carbocycles. The van der Waals surface area contributed by atoms with E-state index in [4.69, 9.17) is 11.6 Å². The van der Waals surface area contributed by atoms with Gasteiger partial charge in [-0.2, -0.15) is 13.2 Å². The number of hydrogen-bond acceptors (Lipinski definition) is 3. The van der Waals surface area contributed by atoms with E-state index in [-0.39, 0.29) is 0 Å². The predicted octanol–water partition coefficient (Wildman–Crippen LogP) is 4.98. The summed E-state index contributed by atoms with van der Waals surface area (Å²) in [5.74, 6) is 0. The van der Waals surface area contributed by atoms with Gasteiger partial charge in [0.2, 0.25) is 0 Å². The van der Waals surface area contributed by atoms with Gasteiger partial charge in [0.1, 0.15) is 0 Å². The standard InChI is InChI=1S/C14H14ClF3N2S/c1-8(2)19-6-9-3-4-10(11(15)5-9)12-7-20-13(21-12)14(16,17)18/h3-5,7-8,19H,6H2,1-2H3. The number of rotatable bonds is 4. The van der Waals surface area contributed by atoms with E-state index in [2.05, 4.69) is 10.3 Å². The lowest BCUT2D eigenvalue weighted by molar-refractivity contribution is -0.137. The zero-order valence-electron chi connectivity index (χ0n) is 11.5. The van der Waals surface area contributed by atoms with Crippen molar-refractivity contribution < 1.29 is 13.2 Å². The maximum atomic E-state index is 12.6. The SMILES string of the molecule is CC(C)NCc1ccc(-c2cnc(C(F)(F)F)s2)c(Cl)c1. The van der Waals surface area contributed by atoms with E-state index in [1.54, 1.807) is 12.1 Å². The number of benzene rings is 1. The van der Waals surface area contributed by atoms with Crippen LogP contribution in [0, 0.1) is 0 Å². The second-order valence-electron chi connectivity index (χ2n) is 4.88. The van der Waals surface area contributed by atoms with Crippen molar-refractivity contribution in [3.63, 3.8) is 0 Å². The molecule has 114 valence electrons. The molecular weight excluding hydrogens is 321 g/mol. The molecular formula is C14H14ClF3N2S. The zero-order valence-corrected chi connectivity index (χ0v) is 13.0. The molecule has 0 amide bonds. The van der Waals surface area contributed by atoms with E-state index >= 15 is 0 Å². The average molecular weight is 335 g/mol. The Kier molecular flexibility index (Phi) is 4.91. The van der Waals surface area contributed by atoms with Crippen molar-refractivity contribution >= 4 is 22.9 Å². The van der Waals surface area contributed by atoms with Crippen LogP contribution < -0.4 is 5.32 Å². The topological polar surface area (TPSA) is 24.9 Å². The van der Waals surface area contributed by atoms with Crippen LogP contribution in [0.2, 0.25) is 5.02 Å². The van der Waals surface area contributed by atoms with Gasteiger partial charge in [0.05, 0.1) is 4.88 Å². The van der Waals surface area contributed by atoms with E-state index in [0.717, 1.165) is 5.56 Å². The lowest BCUT2D eigenvalue weighted by atomic mass is 10.1. The van der Waals surface area contributed by atoms with Gasteiger partial charge in [0.25, 0.3) is 0 Å². The molecule has 0 bridgehead atoms. The summed E-state index contributed by atoms with van der Waals surface area (Å²) in [5.41, 5.74) is 1.55. The van der Waals surface area contributed by atoms with Crippen molar-refractivity contribution in [1.29, 1.82) is 0 Å². The molecule has 0 aliphatic heterocycles. The number of aromatic nitrogens is 1. The summed E-state index contributed by atoms with van der Waals surface area (Å²) >= 11 is 6.77. The number of halogens is 4. The Morgan fingerprint density at radius 2 is 2.05 bits per heavy atom. The summed E-state index contributed by atoms with van der Waals surface area (Å²) in [6.07, 6.45) is -3.21. The van der Waals surface area contributed by atoms with Crippen molar-refractivity contribution in [2.45, 2.75) is 32.6 Å². The van der Waals surface area contributed by atoms with Crippen LogP contribution in [0.3, 0.4) is 0 Å². The summed E-state index contributed by atoms with van der Waals surface area (Å²) in [5, 5.41) is 2.82. The first-order valence-electron chi connectivity index (χ1n) is 6.32. The first-order chi connectivity index (χ1) is 9.77. The smallest absolute Gasteiger partial charge is 0.310 e. The van der Waals surface area contributed by atoms with Crippen molar-refractivity contribution in [1.82, 2.24) is 10.3 Å². The van der Waals surface area contributed by atoms with Crippen molar-refractivity contribution in [3.8, 4) is 10.4 Å². The van der Waals surface area contributed by atoms with Crippen LogP contribution in [0.1, 0.15) is 24.4 Å². The van der Waals surface area contributed by atoms with Gasteiger partial charge < -0.3 is 5.32 Å². The molecule has 21 heavy (non-hydrogen) atoms. The number of alkyl halides is 3. The summed E-state index contributed by atoms with van der Waals surface area (Å²) in [6.45, 7) is 4.73. The fourth-order valence-corrected chi connectivity index (χ4v) is 2.90. The summed E-state index contributed by atoms with van der Waals surface area (Å²) in [6, 6.07) is 5.69. The lowest BCUT2D eigenvalue weighted by Crippen LogP contribution is -2.21. The maximum Gasteiger partial charge on any atom is 0.443 e. The van der Waals surface area contributed by atoms with E-state index in [0.29, 0.717) is 39.4 Å². The third kappa shape index (κ3) is 4.18. The molecule has 2 nitrogen and oxygen atoms in total. The molecule has 0 spiro atoms. The molecule has 0 radical (unpaired) electrons. The van der Waals surface area contributed by atoms with Gasteiger partial charge in [0.15, 0.2) is 5.01 Å². The van der Waals surface area contributed by atoms with Crippen LogP contribution in [0.25, 0.3) is 10.4 Å². The minimum absolute atomic E-state index is 0.347. The van der Waals surface area contributed by atoms with Gasteiger partial charge in [-0.1, -0.05) is 37.6 Å². The van der Waals surface area contributed by atoms with Gasteiger partial charge in [-0.3, -0.25) is 0 Å². The molecule has 0 fully saturated rings. The highest BCUT2D eigenvalue weighted by molar-refractivity contribution is 7.15. The maximum absolute atomic E-state index is 12.6. The minimum Gasteiger partial charge on any atom is -0.310 e. The van der Waals surface area contributed by atoms with Crippen molar-refractivity contribution in [2.75, 3.05) is 0 Å². The normalized spacial score (nSPS) is 12.1. The molecule has 0 unspecified atom stereocenters. The Balaban J connectivity index is 2.23. The predicted molar refractivity (Wildman–Crippen MR) is 79.5 cm³/mol. The number of hydrogen-bond donors (Lipinski definition) is 1. The second-order valence-corrected chi connectivity index (χ2v) is 6.32. The average Bonchev–Trinajstić information content (AvgIpc) is 2.85. The van der Waals surface area contributed by atoms with Crippen LogP contribution in [0.15, 0.2) is 24.4 Å². The van der Waals surface area contributed by atoms with Gasteiger partial charge in [-0.15, -0.1) is 11.3 Å². The molecule has 0 saturated carbocycles. The Morgan fingerprint density at radius 1 is 1.33 bits per heavy atom. The number of nitrogens with zero attached hydrogens (tertiary/aromatic N) is 1. The van der Waals surface area contributed by atoms with Crippen LogP contribution in [0.4, 0.5) is 13.2 Å². The van der Waals surface area contributed by atoms with Crippen LogP contribution in [0.5, 0.6) is 0 Å². The van der Waals surface area contributed by atoms with Crippen LogP contribution >= 0.6 is 22.9 Å². The zero-order chi connectivity index (χ0) is 15.6. The van der Waals surface area contributed by atoms with E-state index in [9.17, 15) is 13.2 Å². The fraction of sp³-hybridized carbons (Fsp3) is 0.357. The Labute approximate surface area is 130 Å². The molecule has 0 aliphatic rings. The lowest BCUT2D eigenvalue weighted by Gasteiger charge is -2.09. The van der Waals surface area contributed by atoms with Crippen molar-refractivity contribution in [2.24, 2.45) is 0 Å². The highest BCUT2D eigenvalue weighted by Gasteiger charge is 2.34. The number of thiazole rings is 1. The number of nitrogens with one attached hydrogen (secondary N) is 1. The third-order valence-corrected chi connectivity index (χ3v) is 4.15. The van der Waals surface area contributed by atoms with E-state index in [1.807, 2.05) is 19.9 Å². The first kappa shape index (κ1) is 16.3. The van der Waals surface area contributed by atoms with Crippen molar-refractivity contribution in [3.05, 3.63) is 40.0 Å². The quantitative estimate of drug-likeness (QED) is 0.853. The molecule has 1 aromatic carbocycles. The summed E-state index contributed by atoms with van der Waals surface area (Å²) in [7, 11) is 0. The summed E-state index contributed by atoms with van der Waals surface area (Å²) < 4.78 is 37.7. The van der Waals surface area contributed by atoms with E-state index < -0.39 is 11.2 Å². The summed E-state index contributed by atoms with van der Waals surface area (Å²) in [4.78, 5) is 3.82. The van der Waals surface area contributed by atoms with E-state index in [1.165, 1.54) is 6.20 Å². The highest BCUT2D eigenvalue weighted by Crippen LogP contribution is 2.38. The van der Waals surface area contributed by atoms with Gasteiger partial charge >= 0.3 is 6.18 Å². The molecule has 0 saturated heterocycles. The fourth-order valence-electron chi connectivity index (χ4n) is 1.72. The molecule has 2 rings (SSSR count). The van der Waals surface area contributed by atoms with Gasteiger partial charge in [0, 0.05) is 29.4 Å². The molecule has 1 N–H and O–H groups in total.